The first-order valence-electron chi connectivity index (χ1n) is 11.2. The van der Waals surface area contributed by atoms with Crippen molar-refractivity contribution < 1.29 is 19.1 Å². The molecule has 10 heteroatoms. The number of anilines is 1. The first-order chi connectivity index (χ1) is 16.6. The fourth-order valence-electron chi connectivity index (χ4n) is 5.23. The minimum atomic E-state index is -0.707. The van der Waals surface area contributed by atoms with Crippen LogP contribution in [0.3, 0.4) is 0 Å². The van der Waals surface area contributed by atoms with Gasteiger partial charge in [-0.15, -0.1) is 0 Å². The highest BCUT2D eigenvalue weighted by Crippen LogP contribution is 2.54. The maximum Gasteiger partial charge on any atom is 0.243 e. The van der Waals surface area contributed by atoms with Gasteiger partial charge in [0.25, 0.3) is 0 Å². The topological polar surface area (TPSA) is 124 Å². The number of ether oxygens (including phenoxy) is 2. The fourth-order valence-corrected chi connectivity index (χ4v) is 5.23. The second-order valence-corrected chi connectivity index (χ2v) is 8.90. The summed E-state index contributed by atoms with van der Waals surface area (Å²) in [5.74, 6) is 0.149. The number of aromatic nitrogens is 3. The summed E-state index contributed by atoms with van der Waals surface area (Å²) in [7, 11) is 0. The van der Waals surface area contributed by atoms with Crippen LogP contribution in [0.15, 0.2) is 42.6 Å². The normalized spacial score (nSPS) is 25.8. The van der Waals surface area contributed by atoms with Crippen LogP contribution in [0.5, 0.6) is 5.88 Å². The summed E-state index contributed by atoms with van der Waals surface area (Å²) in [4.78, 5) is 34.3. The van der Waals surface area contributed by atoms with Gasteiger partial charge in [0.05, 0.1) is 36.4 Å². The highest BCUT2D eigenvalue weighted by molar-refractivity contribution is 6.11. The molecule has 1 aliphatic carbocycles. The Morgan fingerprint density at radius 1 is 1.29 bits per heavy atom. The molecule has 1 saturated carbocycles. The molecule has 1 atom stereocenters. The monoisotopic (exact) mass is 458 g/mol. The third kappa shape index (κ3) is 3.12. The average Bonchev–Trinajstić information content (AvgIpc) is 3.40. The number of H-pyrrole nitrogens is 1. The van der Waals surface area contributed by atoms with Crippen LogP contribution in [0.25, 0.3) is 11.0 Å². The van der Waals surface area contributed by atoms with Crippen LogP contribution in [0, 0.1) is 11.3 Å². The summed E-state index contributed by atoms with van der Waals surface area (Å²) in [6, 6.07) is 12.7. The van der Waals surface area contributed by atoms with E-state index in [1.54, 1.807) is 17.2 Å². The van der Waals surface area contributed by atoms with Crippen LogP contribution >= 0.6 is 0 Å². The van der Waals surface area contributed by atoms with Crippen LogP contribution in [0.4, 0.5) is 5.69 Å². The van der Waals surface area contributed by atoms with Crippen LogP contribution in [-0.2, 0) is 19.7 Å². The molecule has 2 aliphatic heterocycles. The van der Waals surface area contributed by atoms with E-state index in [1.165, 1.54) is 4.90 Å². The van der Waals surface area contributed by atoms with Gasteiger partial charge in [-0.2, -0.15) is 10.4 Å². The van der Waals surface area contributed by atoms with Crippen molar-refractivity contribution in [2.75, 3.05) is 31.2 Å². The Hall–Kier alpha value is -3.97. The first kappa shape index (κ1) is 20.6. The zero-order chi connectivity index (χ0) is 23.3. The Bertz CT molecular complexity index is 1320. The van der Waals surface area contributed by atoms with Crippen LogP contribution in [0.1, 0.15) is 18.4 Å². The highest BCUT2D eigenvalue weighted by atomic mass is 16.5. The van der Waals surface area contributed by atoms with Gasteiger partial charge in [0.15, 0.2) is 0 Å². The number of nitrogens with one attached hydrogen (secondary N) is 1. The largest absolute Gasteiger partial charge is 0.474 e. The lowest BCUT2D eigenvalue weighted by Gasteiger charge is -2.43. The molecule has 1 spiro atoms. The molecule has 1 N–H and O–H groups in total. The van der Waals surface area contributed by atoms with Crippen molar-refractivity contribution in [2.45, 2.75) is 30.4 Å². The molecular formula is C24H22N6O4. The molecule has 3 aromatic rings. The van der Waals surface area contributed by atoms with Crippen LogP contribution in [0.2, 0.25) is 0 Å². The molecule has 2 amide bonds. The van der Waals surface area contributed by atoms with Crippen LogP contribution < -0.4 is 9.64 Å². The number of carbonyl (C=O) groups excluding carboxylic acids is 2. The number of morpholine rings is 1. The molecule has 2 aromatic heterocycles. The van der Waals surface area contributed by atoms with Gasteiger partial charge >= 0.3 is 0 Å². The lowest BCUT2D eigenvalue weighted by Crippen LogP contribution is -2.56. The molecule has 0 radical (unpaired) electrons. The molecule has 34 heavy (non-hydrogen) atoms. The Morgan fingerprint density at radius 3 is 3.00 bits per heavy atom. The number of carbonyl (C=O) groups is 2. The number of fused-ring (bicyclic) bond motifs is 3. The molecule has 1 aromatic carbocycles. The summed E-state index contributed by atoms with van der Waals surface area (Å²) in [5.41, 5.74) is 2.51. The molecule has 1 unspecified atom stereocenters. The summed E-state index contributed by atoms with van der Waals surface area (Å²) >= 11 is 0. The van der Waals surface area contributed by atoms with E-state index in [0.717, 1.165) is 22.3 Å². The van der Waals surface area contributed by atoms with Crippen molar-refractivity contribution >= 4 is 28.5 Å². The highest BCUT2D eigenvalue weighted by Gasteiger charge is 2.59. The SMILES string of the molecule is N#CC1COCCN1C(=O)CN1C(=O)C2(CC(Oc3ccc4[nH]ncc4n3)C2)c2ccccc21. The minimum Gasteiger partial charge on any atom is -0.474 e. The fraction of sp³-hybridized carbons (Fsp3) is 0.375. The Kier molecular flexibility index (Phi) is 4.74. The van der Waals surface area contributed by atoms with Gasteiger partial charge < -0.3 is 19.3 Å². The van der Waals surface area contributed by atoms with E-state index in [4.69, 9.17) is 9.47 Å². The zero-order valence-corrected chi connectivity index (χ0v) is 18.3. The first-order valence-corrected chi connectivity index (χ1v) is 11.2. The standard InChI is InChI=1S/C24H22N6O4/c25-11-15-14-33-8-7-29(15)22(31)13-30-20-4-2-1-3-17(20)24(23(30)32)9-16(10-24)34-21-6-5-18-19(27-21)12-26-28-18/h1-6,12,15-16H,7-10,13-14H2,(H,26,28). The van der Waals surface area contributed by atoms with E-state index in [9.17, 15) is 14.9 Å². The molecule has 1 saturated heterocycles. The predicted molar refractivity (Wildman–Crippen MR) is 120 cm³/mol. The van der Waals surface area contributed by atoms with Crippen molar-refractivity contribution in [3.63, 3.8) is 0 Å². The number of benzene rings is 1. The smallest absolute Gasteiger partial charge is 0.243 e. The molecular weight excluding hydrogens is 436 g/mol. The van der Waals surface area contributed by atoms with Gasteiger partial charge in [0, 0.05) is 31.1 Å². The number of para-hydroxylation sites is 1. The molecule has 2 fully saturated rings. The van der Waals surface area contributed by atoms with Crippen molar-refractivity contribution in [2.24, 2.45) is 0 Å². The molecule has 4 heterocycles. The molecule has 3 aliphatic rings. The summed E-state index contributed by atoms with van der Waals surface area (Å²) in [6.45, 7) is 0.820. The maximum atomic E-state index is 13.7. The number of amides is 2. The molecule has 172 valence electrons. The lowest BCUT2D eigenvalue weighted by molar-refractivity contribution is -0.138. The van der Waals surface area contributed by atoms with E-state index in [-0.39, 0.29) is 31.1 Å². The summed E-state index contributed by atoms with van der Waals surface area (Å²) < 4.78 is 11.4. The second kappa shape index (κ2) is 7.81. The molecule has 6 rings (SSSR count). The third-order valence-corrected chi connectivity index (χ3v) is 6.97. The average molecular weight is 458 g/mol. The van der Waals surface area contributed by atoms with E-state index in [0.29, 0.717) is 31.9 Å². The van der Waals surface area contributed by atoms with Gasteiger partial charge in [0.1, 0.15) is 24.2 Å². The number of rotatable bonds is 4. The van der Waals surface area contributed by atoms with Gasteiger partial charge in [-0.1, -0.05) is 18.2 Å². The molecule has 10 nitrogen and oxygen atoms in total. The Labute approximate surface area is 195 Å². The maximum absolute atomic E-state index is 13.7. The van der Waals surface area contributed by atoms with E-state index >= 15 is 0 Å². The predicted octanol–water partition coefficient (Wildman–Crippen LogP) is 1.53. The van der Waals surface area contributed by atoms with Crippen molar-refractivity contribution in [1.29, 1.82) is 5.26 Å². The number of pyridine rings is 1. The number of hydrogen-bond acceptors (Lipinski definition) is 7. The van der Waals surface area contributed by atoms with Crippen molar-refractivity contribution in [3.05, 3.63) is 48.2 Å². The second-order valence-electron chi connectivity index (χ2n) is 8.90. The minimum absolute atomic E-state index is 0.0955. The van der Waals surface area contributed by atoms with E-state index < -0.39 is 11.5 Å². The number of aromatic amines is 1. The number of nitriles is 1. The van der Waals surface area contributed by atoms with E-state index in [1.807, 2.05) is 30.3 Å². The number of hydrogen-bond donors (Lipinski definition) is 1. The van der Waals surface area contributed by atoms with Gasteiger partial charge in [0.2, 0.25) is 17.7 Å². The van der Waals surface area contributed by atoms with Crippen LogP contribution in [-0.4, -0.2) is 70.3 Å². The van der Waals surface area contributed by atoms with Gasteiger partial charge in [-0.3, -0.25) is 14.7 Å². The van der Waals surface area contributed by atoms with Gasteiger partial charge in [-0.05, 0) is 17.7 Å². The molecule has 0 bridgehead atoms. The summed E-state index contributed by atoms with van der Waals surface area (Å²) in [5, 5.41) is 16.2. The third-order valence-electron chi connectivity index (χ3n) is 6.97. The Morgan fingerprint density at radius 2 is 2.15 bits per heavy atom. The van der Waals surface area contributed by atoms with E-state index in [2.05, 4.69) is 21.3 Å². The Balaban J connectivity index is 1.20. The lowest BCUT2D eigenvalue weighted by atomic mass is 9.63. The zero-order valence-electron chi connectivity index (χ0n) is 18.3. The van der Waals surface area contributed by atoms with Gasteiger partial charge in [-0.25, -0.2) is 4.98 Å². The number of nitrogens with zero attached hydrogens (tertiary/aromatic N) is 5. The quantitative estimate of drug-likeness (QED) is 0.629. The van der Waals surface area contributed by atoms with Crippen molar-refractivity contribution in [1.82, 2.24) is 20.1 Å². The van der Waals surface area contributed by atoms with Crippen molar-refractivity contribution in [3.8, 4) is 11.9 Å². The summed E-state index contributed by atoms with van der Waals surface area (Å²) in [6.07, 6.45) is 2.50.